The molecule has 4 aliphatic rings. The first kappa shape index (κ1) is 23.9. The lowest BCUT2D eigenvalue weighted by atomic mass is 10.1. The van der Waals surface area contributed by atoms with E-state index in [1.165, 1.54) is 4.90 Å². The molecule has 4 fully saturated rings. The maximum Gasteiger partial charge on any atom is 0.416 e. The molecule has 5 heterocycles. The average Bonchev–Trinajstić information content (AvgIpc) is 3.63. The minimum atomic E-state index is -0.743. The first-order valence-electron chi connectivity index (χ1n) is 12.5. The van der Waals surface area contributed by atoms with Gasteiger partial charge in [0.1, 0.15) is 6.61 Å². The number of ether oxygens (including phenoxy) is 6. The molecule has 36 heavy (non-hydrogen) atoms. The predicted molar refractivity (Wildman–Crippen MR) is 123 cm³/mol. The summed E-state index contributed by atoms with van der Waals surface area (Å²) in [6.07, 6.45) is 1.12. The number of nitrogens with zero attached hydrogens (tertiary/aromatic N) is 3. The molecule has 0 radical (unpaired) electrons. The van der Waals surface area contributed by atoms with Crippen molar-refractivity contribution in [2.45, 2.75) is 50.9 Å². The van der Waals surface area contributed by atoms with Crippen LogP contribution in [0.5, 0.6) is 0 Å². The topological polar surface area (TPSA) is 105 Å². The number of cyclic esters (lactones) is 1. The van der Waals surface area contributed by atoms with Crippen molar-refractivity contribution in [3.8, 4) is 0 Å². The highest BCUT2D eigenvalue weighted by Crippen LogP contribution is 2.42. The summed E-state index contributed by atoms with van der Waals surface area (Å²) in [6, 6.07) is 1.28. The standard InChI is InChI=1S/C24H30FN3O8/c1-14-11-27(5-7-30-14)20-16(23-32-8-9-33-23)10-17-21(19(20)25)36-26-22(17)28-15(13-35-24(28)29)12-34-18-4-2-3-6-31-18/h10,14-15,18,23H,2-9,11-13H2,1H3/t14-,15+,18?/m1/s1. The average molecular weight is 508 g/mol. The Morgan fingerprint density at radius 2 is 2.00 bits per heavy atom. The Kier molecular flexibility index (Phi) is 6.69. The van der Waals surface area contributed by atoms with Crippen molar-refractivity contribution in [1.82, 2.24) is 5.16 Å². The van der Waals surface area contributed by atoms with Crippen LogP contribution in [0.15, 0.2) is 10.6 Å². The number of benzene rings is 1. The van der Waals surface area contributed by atoms with Gasteiger partial charge in [-0.25, -0.2) is 14.1 Å². The summed E-state index contributed by atoms with van der Waals surface area (Å²) in [5.74, 6) is -0.406. The molecule has 196 valence electrons. The van der Waals surface area contributed by atoms with Gasteiger partial charge in [-0.2, -0.15) is 0 Å². The van der Waals surface area contributed by atoms with Crippen LogP contribution in [0.25, 0.3) is 11.0 Å². The van der Waals surface area contributed by atoms with E-state index in [0.717, 1.165) is 19.3 Å². The van der Waals surface area contributed by atoms with Gasteiger partial charge in [0.15, 0.2) is 24.2 Å². The van der Waals surface area contributed by atoms with Crippen molar-refractivity contribution in [2.75, 3.05) is 62.5 Å². The molecular formula is C24H30FN3O8. The quantitative estimate of drug-likeness (QED) is 0.579. The number of amides is 1. The zero-order valence-electron chi connectivity index (χ0n) is 20.2. The molecule has 2 aromatic rings. The van der Waals surface area contributed by atoms with Crippen LogP contribution >= 0.6 is 0 Å². The van der Waals surface area contributed by atoms with Crippen molar-refractivity contribution in [3.63, 3.8) is 0 Å². The van der Waals surface area contributed by atoms with Crippen LogP contribution in [0, 0.1) is 5.82 Å². The Hall–Kier alpha value is -2.51. The SMILES string of the molecule is C[C@@H]1CN(c2c(C3OCCO3)cc3c(N4C(=O)OC[C@@H]4COC4CCCCO4)noc3c2F)CCO1. The second-order valence-electron chi connectivity index (χ2n) is 9.44. The van der Waals surface area contributed by atoms with Crippen LogP contribution in [-0.4, -0.2) is 82.4 Å². The normalized spacial score (nSPS) is 27.8. The highest BCUT2D eigenvalue weighted by atomic mass is 19.1. The van der Waals surface area contributed by atoms with E-state index in [0.29, 0.717) is 56.2 Å². The van der Waals surface area contributed by atoms with E-state index in [4.69, 9.17) is 32.9 Å². The number of hydrogen-bond acceptors (Lipinski definition) is 10. The summed E-state index contributed by atoms with van der Waals surface area (Å²) < 4.78 is 55.6. The van der Waals surface area contributed by atoms with E-state index in [9.17, 15) is 4.79 Å². The molecule has 1 unspecified atom stereocenters. The van der Waals surface area contributed by atoms with E-state index in [2.05, 4.69) is 5.16 Å². The molecule has 0 bridgehead atoms. The van der Waals surface area contributed by atoms with E-state index < -0.39 is 24.2 Å². The highest BCUT2D eigenvalue weighted by molar-refractivity contribution is 6.01. The van der Waals surface area contributed by atoms with Gasteiger partial charge in [-0.05, 0) is 32.3 Å². The molecule has 1 aromatic heterocycles. The van der Waals surface area contributed by atoms with Gasteiger partial charge in [0.2, 0.25) is 5.58 Å². The molecule has 4 saturated heterocycles. The van der Waals surface area contributed by atoms with Crippen LogP contribution in [0.3, 0.4) is 0 Å². The van der Waals surface area contributed by atoms with Crippen molar-refractivity contribution in [3.05, 3.63) is 17.4 Å². The minimum absolute atomic E-state index is 0.0455. The van der Waals surface area contributed by atoms with Crippen molar-refractivity contribution < 1.29 is 42.1 Å². The van der Waals surface area contributed by atoms with Crippen LogP contribution in [0.1, 0.15) is 38.0 Å². The second-order valence-corrected chi connectivity index (χ2v) is 9.44. The van der Waals surface area contributed by atoms with Gasteiger partial charge in [-0.1, -0.05) is 5.16 Å². The molecule has 0 N–H and O–H groups in total. The number of aromatic nitrogens is 1. The van der Waals surface area contributed by atoms with Gasteiger partial charge in [0, 0.05) is 25.3 Å². The van der Waals surface area contributed by atoms with E-state index >= 15 is 4.39 Å². The third-order valence-corrected chi connectivity index (χ3v) is 6.92. The van der Waals surface area contributed by atoms with Crippen molar-refractivity contribution >= 4 is 28.6 Å². The Morgan fingerprint density at radius 3 is 2.78 bits per heavy atom. The predicted octanol–water partition coefficient (Wildman–Crippen LogP) is 3.11. The molecule has 4 aliphatic heterocycles. The lowest BCUT2D eigenvalue weighted by Gasteiger charge is -2.34. The van der Waals surface area contributed by atoms with Crippen LogP contribution in [0.2, 0.25) is 0 Å². The lowest BCUT2D eigenvalue weighted by Crippen LogP contribution is -2.42. The highest BCUT2D eigenvalue weighted by Gasteiger charge is 2.40. The number of carbonyl (C=O) groups excluding carboxylic acids is 1. The first-order valence-corrected chi connectivity index (χ1v) is 12.5. The maximum absolute atomic E-state index is 16.1. The summed E-state index contributed by atoms with van der Waals surface area (Å²) in [4.78, 5) is 16.0. The lowest BCUT2D eigenvalue weighted by molar-refractivity contribution is -0.164. The summed E-state index contributed by atoms with van der Waals surface area (Å²) >= 11 is 0. The summed E-state index contributed by atoms with van der Waals surface area (Å²) in [7, 11) is 0. The molecule has 0 aliphatic carbocycles. The molecule has 3 atom stereocenters. The van der Waals surface area contributed by atoms with Crippen LogP contribution < -0.4 is 9.80 Å². The third kappa shape index (κ3) is 4.41. The first-order chi connectivity index (χ1) is 17.6. The van der Waals surface area contributed by atoms with Crippen molar-refractivity contribution in [1.29, 1.82) is 0 Å². The fourth-order valence-corrected chi connectivity index (χ4v) is 5.17. The largest absolute Gasteiger partial charge is 0.447 e. The smallest absolute Gasteiger partial charge is 0.416 e. The van der Waals surface area contributed by atoms with Gasteiger partial charge >= 0.3 is 6.09 Å². The second kappa shape index (κ2) is 10.1. The number of anilines is 2. The number of rotatable bonds is 6. The maximum atomic E-state index is 16.1. The van der Waals surface area contributed by atoms with E-state index in [1.807, 2.05) is 11.8 Å². The molecule has 12 heteroatoms. The number of fused-ring (bicyclic) bond motifs is 1. The Balaban J connectivity index is 1.35. The van der Waals surface area contributed by atoms with Gasteiger partial charge in [-0.3, -0.25) is 0 Å². The van der Waals surface area contributed by atoms with Gasteiger partial charge < -0.3 is 37.8 Å². The van der Waals surface area contributed by atoms with Gasteiger partial charge in [0.05, 0.1) is 49.6 Å². The number of halogens is 1. The van der Waals surface area contributed by atoms with E-state index in [-0.39, 0.29) is 37.0 Å². The fraction of sp³-hybridized carbons (Fsp3) is 0.667. The number of morpholine rings is 1. The van der Waals surface area contributed by atoms with Crippen LogP contribution in [-0.2, 0) is 28.4 Å². The molecule has 11 nitrogen and oxygen atoms in total. The van der Waals surface area contributed by atoms with Gasteiger partial charge in [-0.15, -0.1) is 0 Å². The minimum Gasteiger partial charge on any atom is -0.447 e. The summed E-state index contributed by atoms with van der Waals surface area (Å²) in [5.41, 5.74) is 0.813. The third-order valence-electron chi connectivity index (χ3n) is 6.92. The molecule has 0 saturated carbocycles. The molecule has 1 amide bonds. The van der Waals surface area contributed by atoms with Gasteiger partial charge in [0.25, 0.3) is 0 Å². The Labute approximate surface area is 207 Å². The zero-order valence-corrected chi connectivity index (χ0v) is 20.2. The molecule has 6 rings (SSSR count). The molecular weight excluding hydrogens is 477 g/mol. The monoisotopic (exact) mass is 507 g/mol. The van der Waals surface area contributed by atoms with E-state index in [1.54, 1.807) is 6.07 Å². The van der Waals surface area contributed by atoms with Crippen LogP contribution in [0.4, 0.5) is 20.7 Å². The van der Waals surface area contributed by atoms with Crippen molar-refractivity contribution in [2.24, 2.45) is 0 Å². The zero-order chi connectivity index (χ0) is 24.6. The fourth-order valence-electron chi connectivity index (χ4n) is 5.17. The Morgan fingerprint density at radius 1 is 1.14 bits per heavy atom. The molecule has 0 spiro atoms. The summed E-state index contributed by atoms with van der Waals surface area (Å²) in [6.45, 7) is 5.20. The molecule has 1 aromatic carbocycles. The number of carbonyl (C=O) groups is 1. The number of hydrogen-bond donors (Lipinski definition) is 0. The summed E-state index contributed by atoms with van der Waals surface area (Å²) in [5, 5.41) is 4.44. The Bertz CT molecular complexity index is 1100.